The molecule has 4 heteroatoms. The second-order valence-electron chi connectivity index (χ2n) is 4.26. The van der Waals surface area contributed by atoms with Gasteiger partial charge in [0.15, 0.2) is 0 Å². The summed E-state index contributed by atoms with van der Waals surface area (Å²) in [6, 6.07) is 2.04. The van der Waals surface area contributed by atoms with Crippen molar-refractivity contribution >= 4 is 38.9 Å². The van der Waals surface area contributed by atoms with E-state index in [-0.39, 0.29) is 11.0 Å². The van der Waals surface area contributed by atoms with Crippen LogP contribution in [-0.2, 0) is 5.54 Å². The number of hydrogen-bond acceptors (Lipinski definition) is 2. The van der Waals surface area contributed by atoms with Crippen LogP contribution in [0.1, 0.15) is 25.1 Å². The van der Waals surface area contributed by atoms with Gasteiger partial charge in [0, 0.05) is 9.35 Å². The molecule has 0 bridgehead atoms. The highest BCUT2D eigenvalue weighted by Crippen LogP contribution is 2.62. The summed E-state index contributed by atoms with van der Waals surface area (Å²) < 4.78 is 1.75. The molecular weight excluding hydrogens is 270 g/mol. The molecule has 2 N–H and O–H groups in total. The Morgan fingerprint density at radius 1 is 1.62 bits per heavy atom. The molecule has 0 radical (unpaired) electrons. The van der Waals surface area contributed by atoms with E-state index < -0.39 is 0 Å². The number of halogens is 2. The van der Waals surface area contributed by atoms with E-state index in [1.165, 1.54) is 4.88 Å². The second kappa shape index (κ2) is 2.72. The van der Waals surface area contributed by atoms with E-state index in [0.717, 1.165) is 15.2 Å². The highest BCUT2D eigenvalue weighted by Gasteiger charge is 2.60. The lowest BCUT2D eigenvalue weighted by Crippen LogP contribution is -2.23. The monoisotopic (exact) mass is 279 g/mol. The van der Waals surface area contributed by atoms with Crippen LogP contribution in [0.25, 0.3) is 0 Å². The maximum absolute atomic E-state index is 6.26. The van der Waals surface area contributed by atoms with Crippen molar-refractivity contribution in [1.29, 1.82) is 0 Å². The minimum absolute atomic E-state index is 0.146. The van der Waals surface area contributed by atoms with Crippen molar-refractivity contribution in [3.63, 3.8) is 0 Å². The fourth-order valence-corrected chi connectivity index (χ4v) is 3.62. The SMILES string of the molecule is CC1(C)CC1(N)c1cc(Br)c(Cl)s1. The summed E-state index contributed by atoms with van der Waals surface area (Å²) in [5.41, 5.74) is 6.34. The average Bonchev–Trinajstić information content (AvgIpc) is 2.34. The summed E-state index contributed by atoms with van der Waals surface area (Å²) >= 11 is 10.9. The van der Waals surface area contributed by atoms with Crippen LogP contribution in [0, 0.1) is 5.41 Å². The topological polar surface area (TPSA) is 26.0 Å². The fraction of sp³-hybridized carbons (Fsp3) is 0.556. The Balaban J connectivity index is 2.38. The van der Waals surface area contributed by atoms with Crippen molar-refractivity contribution in [3.8, 4) is 0 Å². The van der Waals surface area contributed by atoms with Gasteiger partial charge in [0.1, 0.15) is 4.34 Å². The van der Waals surface area contributed by atoms with E-state index in [1.54, 1.807) is 11.3 Å². The minimum Gasteiger partial charge on any atom is -0.320 e. The number of thiophene rings is 1. The fourth-order valence-electron chi connectivity index (χ4n) is 1.64. The number of nitrogens with two attached hydrogens (primary N) is 1. The molecule has 13 heavy (non-hydrogen) atoms. The van der Waals surface area contributed by atoms with E-state index in [0.29, 0.717) is 0 Å². The third-order valence-electron chi connectivity index (χ3n) is 2.89. The van der Waals surface area contributed by atoms with Crippen LogP contribution in [-0.4, -0.2) is 0 Å². The highest BCUT2D eigenvalue weighted by atomic mass is 79.9. The van der Waals surface area contributed by atoms with Gasteiger partial charge in [-0.15, -0.1) is 11.3 Å². The van der Waals surface area contributed by atoms with Crippen LogP contribution in [0.2, 0.25) is 4.34 Å². The van der Waals surface area contributed by atoms with Crippen molar-refractivity contribution in [2.75, 3.05) is 0 Å². The van der Waals surface area contributed by atoms with E-state index in [2.05, 4.69) is 29.8 Å². The molecule has 1 unspecified atom stereocenters. The van der Waals surface area contributed by atoms with Crippen LogP contribution < -0.4 is 5.73 Å². The van der Waals surface area contributed by atoms with Gasteiger partial charge >= 0.3 is 0 Å². The molecule has 1 heterocycles. The molecule has 2 rings (SSSR count). The molecule has 1 aromatic heterocycles. The Hall–Kier alpha value is 0.430. The average molecular weight is 281 g/mol. The third-order valence-corrected chi connectivity index (χ3v) is 5.54. The summed E-state index contributed by atoms with van der Waals surface area (Å²) in [5, 5.41) is 0. The maximum Gasteiger partial charge on any atom is 0.107 e. The molecule has 0 spiro atoms. The first-order chi connectivity index (χ1) is 5.87. The predicted octanol–water partition coefficient (Wildman–Crippen LogP) is 3.75. The Labute approximate surface area is 95.4 Å². The van der Waals surface area contributed by atoms with E-state index in [4.69, 9.17) is 17.3 Å². The molecule has 1 atom stereocenters. The molecule has 0 aliphatic heterocycles. The van der Waals surface area contributed by atoms with Gasteiger partial charge in [-0.1, -0.05) is 25.4 Å². The van der Waals surface area contributed by atoms with E-state index in [1.807, 2.05) is 6.07 Å². The minimum atomic E-state index is -0.146. The van der Waals surface area contributed by atoms with Crippen LogP contribution in [0.5, 0.6) is 0 Å². The maximum atomic E-state index is 6.26. The molecule has 72 valence electrons. The van der Waals surface area contributed by atoms with Crippen molar-refractivity contribution in [2.45, 2.75) is 25.8 Å². The molecule has 0 aromatic carbocycles. The van der Waals surface area contributed by atoms with Gasteiger partial charge in [-0.2, -0.15) is 0 Å². The standard InChI is InChI=1S/C9H11BrClNS/c1-8(2)4-9(8,12)6-3-5(10)7(11)13-6/h3H,4,12H2,1-2H3. The van der Waals surface area contributed by atoms with Crippen molar-refractivity contribution < 1.29 is 0 Å². The van der Waals surface area contributed by atoms with Crippen molar-refractivity contribution in [2.24, 2.45) is 11.1 Å². The number of hydrogen-bond donors (Lipinski definition) is 1. The molecule has 1 fully saturated rings. The van der Waals surface area contributed by atoms with E-state index in [9.17, 15) is 0 Å². The Morgan fingerprint density at radius 2 is 2.15 bits per heavy atom. The second-order valence-corrected chi connectivity index (χ2v) is 6.77. The van der Waals surface area contributed by atoms with E-state index >= 15 is 0 Å². The normalized spacial score (nSPS) is 30.5. The molecule has 1 aromatic rings. The molecule has 0 saturated heterocycles. The third kappa shape index (κ3) is 1.37. The van der Waals surface area contributed by atoms with Gasteiger partial charge in [-0.3, -0.25) is 0 Å². The zero-order valence-corrected chi connectivity index (χ0v) is 10.7. The summed E-state index contributed by atoms with van der Waals surface area (Å²) in [6.45, 7) is 4.38. The molecule has 1 aliphatic carbocycles. The first-order valence-electron chi connectivity index (χ1n) is 4.11. The Kier molecular flexibility index (Phi) is 2.09. The van der Waals surface area contributed by atoms with Crippen LogP contribution in [0.15, 0.2) is 10.5 Å². The lowest BCUT2D eigenvalue weighted by Gasteiger charge is -2.11. The van der Waals surface area contributed by atoms with Gasteiger partial charge in [0.2, 0.25) is 0 Å². The summed E-state index contributed by atoms with van der Waals surface area (Å²) in [7, 11) is 0. The summed E-state index contributed by atoms with van der Waals surface area (Å²) in [5.74, 6) is 0. The summed E-state index contributed by atoms with van der Waals surface area (Å²) in [6.07, 6.45) is 1.04. The van der Waals surface area contributed by atoms with Crippen LogP contribution in [0.4, 0.5) is 0 Å². The first kappa shape index (κ1) is 9.97. The van der Waals surface area contributed by atoms with Gasteiger partial charge in [-0.25, -0.2) is 0 Å². The smallest absolute Gasteiger partial charge is 0.107 e. The van der Waals surface area contributed by atoms with Crippen molar-refractivity contribution in [3.05, 3.63) is 19.8 Å². The summed E-state index contributed by atoms with van der Waals surface area (Å²) in [4.78, 5) is 1.19. The lowest BCUT2D eigenvalue weighted by atomic mass is 10.0. The van der Waals surface area contributed by atoms with Gasteiger partial charge < -0.3 is 5.73 Å². The van der Waals surface area contributed by atoms with Crippen LogP contribution >= 0.6 is 38.9 Å². The molecule has 1 nitrogen and oxygen atoms in total. The predicted molar refractivity (Wildman–Crippen MR) is 61.3 cm³/mol. The zero-order valence-electron chi connectivity index (χ0n) is 7.53. The van der Waals surface area contributed by atoms with Crippen LogP contribution in [0.3, 0.4) is 0 Å². The van der Waals surface area contributed by atoms with Crippen molar-refractivity contribution in [1.82, 2.24) is 0 Å². The number of rotatable bonds is 1. The zero-order chi connectivity index (χ0) is 9.85. The molecule has 1 saturated carbocycles. The molecular formula is C9H11BrClNS. The lowest BCUT2D eigenvalue weighted by molar-refractivity contribution is 0.516. The molecule has 0 amide bonds. The first-order valence-corrected chi connectivity index (χ1v) is 6.10. The Bertz CT molecular complexity index is 341. The van der Waals surface area contributed by atoms with Gasteiger partial charge in [0.25, 0.3) is 0 Å². The Morgan fingerprint density at radius 3 is 2.46 bits per heavy atom. The van der Waals surface area contributed by atoms with Gasteiger partial charge in [0.05, 0.1) is 5.54 Å². The molecule has 1 aliphatic rings. The quantitative estimate of drug-likeness (QED) is 0.833. The van der Waals surface area contributed by atoms with Gasteiger partial charge in [-0.05, 0) is 33.8 Å². The largest absolute Gasteiger partial charge is 0.320 e. The highest BCUT2D eigenvalue weighted by molar-refractivity contribution is 9.10.